The van der Waals surface area contributed by atoms with E-state index >= 15 is 0 Å². The fourth-order valence-electron chi connectivity index (χ4n) is 1.93. The maximum atomic E-state index is 12.8. The highest BCUT2D eigenvalue weighted by molar-refractivity contribution is 6.32. The van der Waals surface area contributed by atoms with Gasteiger partial charge in [-0.15, -0.1) is 5.10 Å². The highest BCUT2D eigenvalue weighted by Gasteiger charge is 2.37. The molecule has 22 heavy (non-hydrogen) atoms. The van der Waals surface area contributed by atoms with Gasteiger partial charge >= 0.3 is 6.18 Å². The normalized spacial score (nSPS) is 12.0. The monoisotopic (exact) mass is 332 g/mol. The molecule has 8 heteroatoms. The zero-order valence-corrected chi connectivity index (χ0v) is 13.4. The van der Waals surface area contributed by atoms with E-state index in [0.717, 1.165) is 10.2 Å². The van der Waals surface area contributed by atoms with Gasteiger partial charge in [0.2, 0.25) is 5.95 Å². The Morgan fingerprint density at radius 2 is 1.86 bits per heavy atom. The van der Waals surface area contributed by atoms with Gasteiger partial charge in [0.15, 0.2) is 0 Å². The number of anilines is 1. The van der Waals surface area contributed by atoms with Crippen LogP contribution in [0.5, 0.6) is 0 Å². The molecule has 0 amide bonds. The average molecular weight is 333 g/mol. The van der Waals surface area contributed by atoms with Crippen molar-refractivity contribution in [3.05, 3.63) is 34.6 Å². The van der Waals surface area contributed by atoms with Crippen LogP contribution in [0, 0.1) is 0 Å². The molecule has 0 fully saturated rings. The van der Waals surface area contributed by atoms with Gasteiger partial charge in [0.1, 0.15) is 0 Å². The van der Waals surface area contributed by atoms with Gasteiger partial charge in [0.25, 0.3) is 5.82 Å². The summed E-state index contributed by atoms with van der Waals surface area (Å²) in [5, 5.41) is 3.89. The predicted molar refractivity (Wildman–Crippen MR) is 79.8 cm³/mol. The van der Waals surface area contributed by atoms with Gasteiger partial charge in [-0.25, -0.2) is 0 Å². The van der Waals surface area contributed by atoms with Crippen molar-refractivity contribution in [3.8, 4) is 5.69 Å². The first-order valence-corrected chi connectivity index (χ1v) is 7.00. The minimum atomic E-state index is -4.61. The molecule has 0 aliphatic rings. The standard InChI is InChI=1S/C14H16ClF3N4/c1-8(2)9-5-6-11(10(15)7-9)22-13(21(3)4)19-12(20-22)14(16,17)18/h5-8H,1-4H3. The van der Waals surface area contributed by atoms with E-state index in [1.54, 1.807) is 26.2 Å². The lowest BCUT2D eigenvalue weighted by Crippen LogP contribution is -2.15. The number of rotatable bonds is 3. The second-order valence-electron chi connectivity index (χ2n) is 5.40. The second-order valence-corrected chi connectivity index (χ2v) is 5.81. The van der Waals surface area contributed by atoms with Gasteiger partial charge in [0, 0.05) is 14.1 Å². The lowest BCUT2D eigenvalue weighted by atomic mass is 10.0. The van der Waals surface area contributed by atoms with Crippen molar-refractivity contribution in [1.82, 2.24) is 14.8 Å². The number of halogens is 4. The first kappa shape index (κ1) is 16.6. The average Bonchev–Trinajstić information content (AvgIpc) is 2.83. The van der Waals surface area contributed by atoms with Crippen molar-refractivity contribution in [3.63, 3.8) is 0 Å². The summed E-state index contributed by atoms with van der Waals surface area (Å²) >= 11 is 6.22. The lowest BCUT2D eigenvalue weighted by molar-refractivity contribution is -0.144. The number of aromatic nitrogens is 3. The number of hydrogen-bond acceptors (Lipinski definition) is 3. The molecule has 2 aromatic rings. The SMILES string of the molecule is CC(C)c1ccc(-n2nc(C(F)(F)F)nc2N(C)C)c(Cl)c1. The fourth-order valence-corrected chi connectivity index (χ4v) is 2.20. The lowest BCUT2D eigenvalue weighted by Gasteiger charge is -2.14. The molecular formula is C14H16ClF3N4. The van der Waals surface area contributed by atoms with E-state index < -0.39 is 12.0 Å². The minimum Gasteiger partial charge on any atom is -0.347 e. The van der Waals surface area contributed by atoms with E-state index in [1.165, 1.54) is 4.90 Å². The van der Waals surface area contributed by atoms with Crippen LogP contribution in [-0.4, -0.2) is 28.9 Å². The summed E-state index contributed by atoms with van der Waals surface area (Å²) in [7, 11) is 3.19. The Hall–Kier alpha value is -1.76. The van der Waals surface area contributed by atoms with Crippen molar-refractivity contribution in [2.24, 2.45) is 0 Å². The third kappa shape index (κ3) is 3.19. The van der Waals surface area contributed by atoms with Gasteiger partial charge in [-0.05, 0) is 23.6 Å². The summed E-state index contributed by atoms with van der Waals surface area (Å²) in [5.41, 5.74) is 1.36. The number of nitrogens with zero attached hydrogens (tertiary/aromatic N) is 4. The van der Waals surface area contributed by atoms with E-state index in [1.807, 2.05) is 19.9 Å². The van der Waals surface area contributed by atoms with Crippen molar-refractivity contribution >= 4 is 17.5 Å². The molecule has 1 heterocycles. The van der Waals surface area contributed by atoms with Gasteiger partial charge in [-0.2, -0.15) is 22.8 Å². The molecule has 1 aromatic heterocycles. The summed E-state index contributed by atoms with van der Waals surface area (Å²) in [4.78, 5) is 5.00. The molecule has 0 atom stereocenters. The first-order valence-electron chi connectivity index (χ1n) is 6.62. The number of alkyl halides is 3. The molecule has 0 aliphatic carbocycles. The van der Waals surface area contributed by atoms with Crippen LogP contribution in [0.3, 0.4) is 0 Å². The largest absolute Gasteiger partial charge is 0.453 e. The summed E-state index contributed by atoms with van der Waals surface area (Å²) in [5.74, 6) is -0.868. The Morgan fingerprint density at radius 1 is 1.23 bits per heavy atom. The summed E-state index contributed by atoms with van der Waals surface area (Å²) in [6.07, 6.45) is -4.61. The molecule has 0 saturated heterocycles. The van der Waals surface area contributed by atoms with Gasteiger partial charge in [0.05, 0.1) is 10.7 Å². The molecule has 0 unspecified atom stereocenters. The molecule has 0 radical (unpaired) electrons. The molecule has 120 valence electrons. The Kier molecular flexibility index (Phi) is 4.37. The topological polar surface area (TPSA) is 34.0 Å². The molecule has 0 bridgehead atoms. The van der Waals surface area contributed by atoms with Gasteiger partial charge < -0.3 is 4.90 Å². The molecule has 1 aromatic carbocycles. The summed E-state index contributed by atoms with van der Waals surface area (Å²) < 4.78 is 39.6. The van der Waals surface area contributed by atoms with Crippen LogP contribution in [0.1, 0.15) is 31.2 Å². The van der Waals surface area contributed by atoms with E-state index in [9.17, 15) is 13.2 Å². The quantitative estimate of drug-likeness (QED) is 0.847. The molecule has 0 N–H and O–H groups in total. The van der Waals surface area contributed by atoms with E-state index in [4.69, 9.17) is 11.6 Å². The van der Waals surface area contributed by atoms with Crippen molar-refractivity contribution in [2.45, 2.75) is 25.9 Å². The van der Waals surface area contributed by atoms with Crippen LogP contribution < -0.4 is 4.90 Å². The highest BCUT2D eigenvalue weighted by atomic mass is 35.5. The smallest absolute Gasteiger partial charge is 0.347 e. The Labute approximate surface area is 131 Å². The van der Waals surface area contributed by atoms with Crippen LogP contribution in [0.15, 0.2) is 18.2 Å². The molecule has 4 nitrogen and oxygen atoms in total. The minimum absolute atomic E-state index is 0.0616. The van der Waals surface area contributed by atoms with E-state index in [0.29, 0.717) is 10.7 Å². The predicted octanol–water partition coefficient (Wildman–Crippen LogP) is 4.13. The van der Waals surface area contributed by atoms with Gasteiger partial charge in [-0.3, -0.25) is 0 Å². The van der Waals surface area contributed by atoms with Crippen molar-refractivity contribution < 1.29 is 13.2 Å². The number of benzene rings is 1. The molecule has 0 saturated carbocycles. The molecule has 0 aliphatic heterocycles. The molecular weight excluding hydrogens is 317 g/mol. The van der Waals surface area contributed by atoms with Crippen LogP contribution >= 0.6 is 11.6 Å². The Bertz CT molecular complexity index is 677. The van der Waals surface area contributed by atoms with Crippen LogP contribution in [0.25, 0.3) is 5.69 Å². The van der Waals surface area contributed by atoms with Crippen LogP contribution in [-0.2, 0) is 6.18 Å². The zero-order valence-electron chi connectivity index (χ0n) is 12.6. The van der Waals surface area contributed by atoms with Gasteiger partial charge in [-0.1, -0.05) is 31.5 Å². The van der Waals surface area contributed by atoms with E-state index in [-0.39, 0.29) is 11.9 Å². The third-order valence-electron chi connectivity index (χ3n) is 3.11. The van der Waals surface area contributed by atoms with E-state index in [2.05, 4.69) is 10.1 Å². The Balaban J connectivity index is 2.59. The highest BCUT2D eigenvalue weighted by Crippen LogP contribution is 2.32. The Morgan fingerprint density at radius 3 is 2.32 bits per heavy atom. The third-order valence-corrected chi connectivity index (χ3v) is 3.41. The van der Waals surface area contributed by atoms with Crippen LogP contribution in [0.4, 0.5) is 19.1 Å². The number of hydrogen-bond donors (Lipinski definition) is 0. The maximum absolute atomic E-state index is 12.8. The zero-order chi connectivity index (χ0) is 16.7. The molecule has 0 spiro atoms. The summed E-state index contributed by atoms with van der Waals surface area (Å²) in [6, 6.07) is 5.20. The van der Waals surface area contributed by atoms with Crippen molar-refractivity contribution in [1.29, 1.82) is 0 Å². The second kappa shape index (κ2) is 5.79. The first-order chi connectivity index (χ1) is 10.1. The summed E-state index contributed by atoms with van der Waals surface area (Å²) in [6.45, 7) is 4.02. The van der Waals surface area contributed by atoms with Crippen molar-refractivity contribution in [2.75, 3.05) is 19.0 Å². The van der Waals surface area contributed by atoms with Crippen LogP contribution in [0.2, 0.25) is 5.02 Å². The fraction of sp³-hybridized carbons (Fsp3) is 0.429. The maximum Gasteiger partial charge on any atom is 0.453 e. The molecule has 2 rings (SSSR count).